The smallest absolute Gasteiger partial charge is 0.293 e. The molecule has 308 valence electrons. The van der Waals surface area contributed by atoms with E-state index in [1.54, 1.807) is 24.3 Å². The number of halogens is 1. The number of hydrogen-bond acceptors (Lipinski definition) is 10. The van der Waals surface area contributed by atoms with E-state index in [9.17, 15) is 28.1 Å². The molecule has 0 aliphatic carbocycles. The Morgan fingerprint density at radius 2 is 1.53 bits per heavy atom. The van der Waals surface area contributed by atoms with Crippen molar-refractivity contribution in [2.45, 2.75) is 55.1 Å². The predicted octanol–water partition coefficient (Wildman–Crippen LogP) is 8.23. The van der Waals surface area contributed by atoms with Crippen molar-refractivity contribution in [1.29, 1.82) is 0 Å². The molecule has 5 aromatic carbocycles. The van der Waals surface area contributed by atoms with E-state index in [-0.39, 0.29) is 23.6 Å². The second-order valence-electron chi connectivity index (χ2n) is 15.3. The van der Waals surface area contributed by atoms with Gasteiger partial charge < -0.3 is 15.5 Å². The topological polar surface area (TPSA) is 154 Å². The summed E-state index contributed by atoms with van der Waals surface area (Å²) in [4.78, 5) is 42.8. The molecule has 1 heterocycles. The molecule has 1 aliphatic rings. The molecule has 12 nitrogen and oxygen atoms in total. The first-order chi connectivity index (χ1) is 28.1. The van der Waals surface area contributed by atoms with Gasteiger partial charge in [-0.15, -0.1) is 11.8 Å². The third-order valence-corrected chi connectivity index (χ3v) is 12.4. The first-order valence-corrected chi connectivity index (χ1v) is 22.0. The van der Waals surface area contributed by atoms with Gasteiger partial charge in [0, 0.05) is 83.7 Å². The molecule has 0 unspecified atom stereocenters. The molecule has 1 atom stereocenters. The highest BCUT2D eigenvalue weighted by molar-refractivity contribution is 7.99. The Hall–Kier alpha value is -5.41. The summed E-state index contributed by atoms with van der Waals surface area (Å²) in [6, 6.07) is 35.3. The molecule has 0 spiro atoms. The van der Waals surface area contributed by atoms with Gasteiger partial charge in [0.25, 0.3) is 21.6 Å². The minimum absolute atomic E-state index is 0.0141. The average molecular weight is 855 g/mol. The molecular weight excluding hydrogens is 808 g/mol. The third kappa shape index (κ3) is 12.1. The molecule has 0 bridgehead atoms. The second kappa shape index (κ2) is 19.1. The van der Waals surface area contributed by atoms with Crippen LogP contribution in [0.2, 0.25) is 5.02 Å². The monoisotopic (exact) mass is 854 g/mol. The lowest BCUT2D eigenvalue weighted by atomic mass is 9.99. The van der Waals surface area contributed by atoms with Crippen molar-refractivity contribution < 1.29 is 22.9 Å². The Morgan fingerprint density at radius 3 is 2.19 bits per heavy atom. The van der Waals surface area contributed by atoms with Gasteiger partial charge in [-0.25, -0.2) is 13.1 Å². The molecule has 15 heteroatoms. The van der Waals surface area contributed by atoms with Crippen LogP contribution in [0, 0.1) is 10.1 Å². The van der Waals surface area contributed by atoms with Crippen molar-refractivity contribution in [3.05, 3.63) is 148 Å². The van der Waals surface area contributed by atoms with Crippen molar-refractivity contribution >= 4 is 62.3 Å². The van der Waals surface area contributed by atoms with Gasteiger partial charge >= 0.3 is 0 Å². The summed E-state index contributed by atoms with van der Waals surface area (Å²) in [6.07, 6.45) is 0.0141. The number of rotatable bonds is 15. The van der Waals surface area contributed by atoms with Crippen LogP contribution in [-0.2, 0) is 21.4 Å². The van der Waals surface area contributed by atoms with E-state index in [4.69, 9.17) is 11.6 Å². The van der Waals surface area contributed by atoms with Gasteiger partial charge in [-0.05, 0) is 98.1 Å². The Morgan fingerprint density at radius 1 is 0.864 bits per heavy atom. The molecule has 0 aromatic heterocycles. The van der Waals surface area contributed by atoms with E-state index in [2.05, 4.69) is 37.3 Å². The van der Waals surface area contributed by atoms with Crippen LogP contribution in [0.3, 0.4) is 0 Å². The van der Waals surface area contributed by atoms with E-state index in [1.165, 1.54) is 35.0 Å². The summed E-state index contributed by atoms with van der Waals surface area (Å²) in [6.45, 7) is 9.57. The molecule has 0 radical (unpaired) electrons. The molecule has 2 amide bonds. The number of anilines is 2. The zero-order valence-corrected chi connectivity index (χ0v) is 35.4. The number of thioether (sulfide) groups is 1. The largest absolute Gasteiger partial charge is 0.375 e. The first kappa shape index (κ1) is 43.2. The van der Waals surface area contributed by atoms with Gasteiger partial charge in [0.2, 0.25) is 5.91 Å². The highest BCUT2D eigenvalue weighted by atomic mass is 35.5. The maximum atomic E-state index is 13.4. The quantitative estimate of drug-likeness (QED) is 0.0533. The molecule has 1 fully saturated rings. The predicted molar refractivity (Wildman–Crippen MR) is 236 cm³/mol. The molecule has 6 rings (SSSR count). The lowest BCUT2D eigenvalue weighted by molar-refractivity contribution is -0.384. The lowest BCUT2D eigenvalue weighted by Crippen LogP contribution is -2.46. The second-order valence-corrected chi connectivity index (χ2v) is 18.5. The fourth-order valence-electron chi connectivity index (χ4n) is 6.77. The number of nitro benzene ring substituents is 1. The van der Waals surface area contributed by atoms with Crippen LogP contribution in [-0.4, -0.2) is 73.6 Å². The highest BCUT2D eigenvalue weighted by Crippen LogP contribution is 2.31. The van der Waals surface area contributed by atoms with Crippen molar-refractivity contribution in [3.8, 4) is 11.1 Å². The first-order valence-electron chi connectivity index (χ1n) is 19.2. The summed E-state index contributed by atoms with van der Waals surface area (Å²) in [5.74, 6) is -0.717. The third-order valence-electron chi connectivity index (χ3n) is 9.64. The number of sulfonamides is 1. The Bertz CT molecular complexity index is 2370. The minimum Gasteiger partial charge on any atom is -0.375 e. The zero-order valence-electron chi connectivity index (χ0n) is 33.1. The summed E-state index contributed by atoms with van der Waals surface area (Å²) in [7, 11) is -4.50. The number of nitro groups is 1. The Kier molecular flexibility index (Phi) is 14.0. The van der Waals surface area contributed by atoms with Gasteiger partial charge in [0.05, 0.1) is 9.82 Å². The van der Waals surface area contributed by atoms with E-state index in [0.717, 1.165) is 54.9 Å². The van der Waals surface area contributed by atoms with Crippen LogP contribution in [0.25, 0.3) is 11.1 Å². The number of piperazine rings is 1. The Balaban J connectivity index is 1.07. The summed E-state index contributed by atoms with van der Waals surface area (Å²) < 4.78 is 28.9. The number of nitrogens with zero attached hydrogens (tertiary/aromatic N) is 3. The molecule has 5 aromatic rings. The summed E-state index contributed by atoms with van der Waals surface area (Å²) in [5, 5.41) is 19.0. The lowest BCUT2D eigenvalue weighted by Gasteiger charge is -2.36. The molecule has 3 N–H and O–H groups in total. The normalized spacial score (nSPS) is 14.0. The fourth-order valence-corrected chi connectivity index (χ4v) is 8.83. The van der Waals surface area contributed by atoms with Crippen LogP contribution in [0.15, 0.2) is 131 Å². The summed E-state index contributed by atoms with van der Waals surface area (Å²) in [5.41, 5.74) is 3.60. The number of benzene rings is 5. The number of carbonyl (C=O) groups excluding carboxylic acids is 2. The molecule has 0 saturated carbocycles. The van der Waals surface area contributed by atoms with Crippen molar-refractivity contribution in [2.75, 3.05) is 42.1 Å². The zero-order chi connectivity index (χ0) is 42.2. The van der Waals surface area contributed by atoms with E-state index < -0.39 is 43.0 Å². The van der Waals surface area contributed by atoms with Crippen molar-refractivity contribution in [2.24, 2.45) is 0 Å². The standard InChI is InChI=1S/C44H47ClN6O6S2/c1-44(2,3)47-42(52)27-35(30-58-37-10-5-4-6-11-37)46-40-22-21-38(28-41(40)51(54)55)59(56,57)48-43(53)32-15-19-36(20-16-32)50-25-23-49(24-26-50)29-33-9-7-8-12-39(33)31-13-17-34(45)18-14-31/h4-22,28,35,46H,23-27,29-30H2,1-3H3,(H,47,52)(H,48,53)/t35-/m1/s1. The molecular formula is C44H47ClN6O6S2. The fraction of sp³-hybridized carbons (Fsp3) is 0.273. The number of hydrogen-bond donors (Lipinski definition) is 3. The SMILES string of the molecule is CC(C)(C)NC(=O)C[C@H](CSc1ccccc1)Nc1ccc(S(=O)(=O)NC(=O)c2ccc(N3CCN(Cc4ccccc4-c4ccc(Cl)cc4)CC3)cc2)cc1[N+](=O)[O-]. The maximum absolute atomic E-state index is 13.4. The van der Waals surface area contributed by atoms with Crippen molar-refractivity contribution in [3.63, 3.8) is 0 Å². The van der Waals surface area contributed by atoms with Gasteiger partial charge in [0.1, 0.15) is 5.69 Å². The molecule has 1 saturated heterocycles. The van der Waals surface area contributed by atoms with Crippen LogP contribution >= 0.6 is 23.4 Å². The average Bonchev–Trinajstić information content (AvgIpc) is 3.20. The van der Waals surface area contributed by atoms with Gasteiger partial charge in [-0.3, -0.25) is 24.6 Å². The molecule has 1 aliphatic heterocycles. The summed E-state index contributed by atoms with van der Waals surface area (Å²) >= 11 is 7.59. The van der Waals surface area contributed by atoms with Gasteiger partial charge in [-0.1, -0.05) is 66.2 Å². The van der Waals surface area contributed by atoms with Crippen LogP contribution in [0.5, 0.6) is 0 Å². The van der Waals surface area contributed by atoms with Crippen molar-refractivity contribution in [1.82, 2.24) is 14.9 Å². The van der Waals surface area contributed by atoms with Crippen LogP contribution in [0.4, 0.5) is 17.1 Å². The van der Waals surface area contributed by atoms with Crippen LogP contribution < -0.4 is 20.3 Å². The van der Waals surface area contributed by atoms with Crippen LogP contribution in [0.1, 0.15) is 43.1 Å². The van der Waals surface area contributed by atoms with E-state index >= 15 is 0 Å². The van der Waals surface area contributed by atoms with Gasteiger partial charge in [0.15, 0.2) is 0 Å². The number of nitrogens with one attached hydrogen (secondary N) is 3. The number of amides is 2. The number of carbonyl (C=O) groups is 2. The van der Waals surface area contributed by atoms with E-state index in [1.807, 2.05) is 87.5 Å². The van der Waals surface area contributed by atoms with E-state index in [0.29, 0.717) is 10.8 Å². The van der Waals surface area contributed by atoms with Gasteiger partial charge in [-0.2, -0.15) is 0 Å². The maximum Gasteiger partial charge on any atom is 0.293 e. The minimum atomic E-state index is -4.50. The Labute approximate surface area is 354 Å². The highest BCUT2D eigenvalue weighted by Gasteiger charge is 2.27. The molecule has 59 heavy (non-hydrogen) atoms.